The van der Waals surface area contributed by atoms with E-state index < -0.39 is 0 Å². The van der Waals surface area contributed by atoms with Crippen LogP contribution in [0.5, 0.6) is 11.5 Å². The highest BCUT2D eigenvalue weighted by molar-refractivity contribution is 5.38. The average molecular weight is 310 g/mol. The minimum atomic E-state index is 0.632. The molecule has 4 rings (SSSR count). The molecule has 2 heterocycles. The molecule has 0 atom stereocenters. The van der Waals surface area contributed by atoms with Gasteiger partial charge in [0.1, 0.15) is 25.0 Å². The number of hydrogen-bond donors (Lipinski definition) is 0. The third kappa shape index (κ3) is 3.05. The van der Waals surface area contributed by atoms with Gasteiger partial charge in [-0.3, -0.25) is 9.80 Å². The Hall–Kier alpha value is -2.04. The first-order chi connectivity index (χ1) is 11.2. The molecule has 120 valence electrons. The van der Waals surface area contributed by atoms with Crippen LogP contribution in [0.1, 0.15) is 22.3 Å². The molecule has 4 nitrogen and oxygen atoms in total. The van der Waals surface area contributed by atoms with Crippen LogP contribution in [0.25, 0.3) is 0 Å². The van der Waals surface area contributed by atoms with Crippen molar-refractivity contribution in [3.8, 4) is 11.5 Å². The molecule has 2 aromatic rings. The molecular weight excluding hydrogens is 288 g/mol. The lowest BCUT2D eigenvalue weighted by Gasteiger charge is -2.36. The Balaban J connectivity index is 1.44. The number of rotatable bonds is 2. The zero-order chi connectivity index (χ0) is 15.8. The van der Waals surface area contributed by atoms with Gasteiger partial charge in [-0.05, 0) is 26.0 Å². The highest BCUT2D eigenvalue weighted by Gasteiger charge is 2.23. The first-order valence-corrected chi connectivity index (χ1v) is 8.07. The van der Waals surface area contributed by atoms with Crippen LogP contribution in [0.3, 0.4) is 0 Å². The Morgan fingerprint density at radius 1 is 0.783 bits per heavy atom. The first-order valence-electron chi connectivity index (χ1n) is 8.07. The van der Waals surface area contributed by atoms with Crippen LogP contribution in [0.2, 0.25) is 0 Å². The molecule has 0 spiro atoms. The van der Waals surface area contributed by atoms with Gasteiger partial charge in [0.15, 0.2) is 0 Å². The second-order valence-corrected chi connectivity index (χ2v) is 6.57. The summed E-state index contributed by atoms with van der Waals surface area (Å²) in [6.07, 6.45) is 0. The maximum absolute atomic E-state index is 5.88. The summed E-state index contributed by atoms with van der Waals surface area (Å²) in [4.78, 5) is 4.62. The van der Waals surface area contributed by atoms with Gasteiger partial charge in [0.05, 0.1) is 6.67 Å². The van der Waals surface area contributed by atoms with E-state index in [2.05, 4.69) is 60.0 Å². The third-order valence-electron chi connectivity index (χ3n) is 4.43. The topological polar surface area (TPSA) is 24.9 Å². The van der Waals surface area contributed by atoms with E-state index in [9.17, 15) is 0 Å². The van der Waals surface area contributed by atoms with Crippen molar-refractivity contribution in [2.24, 2.45) is 0 Å². The zero-order valence-corrected chi connectivity index (χ0v) is 13.7. The highest BCUT2D eigenvalue weighted by atomic mass is 16.5. The fourth-order valence-electron chi connectivity index (χ4n) is 3.30. The molecule has 0 bridgehead atoms. The average Bonchev–Trinajstić information content (AvgIpc) is 2.54. The fraction of sp³-hybridized carbons (Fsp3) is 0.368. The van der Waals surface area contributed by atoms with Crippen LogP contribution >= 0.6 is 0 Å². The van der Waals surface area contributed by atoms with Gasteiger partial charge in [0.2, 0.25) is 0 Å². The smallest absolute Gasteiger partial charge is 0.143 e. The molecule has 2 aliphatic rings. The van der Waals surface area contributed by atoms with Crippen LogP contribution in [0.4, 0.5) is 0 Å². The van der Waals surface area contributed by atoms with E-state index in [1.165, 1.54) is 22.3 Å². The third-order valence-corrected chi connectivity index (χ3v) is 4.43. The van der Waals surface area contributed by atoms with Crippen LogP contribution in [0, 0.1) is 13.8 Å². The van der Waals surface area contributed by atoms with E-state index in [0.29, 0.717) is 13.5 Å². The molecule has 4 heteroatoms. The summed E-state index contributed by atoms with van der Waals surface area (Å²) >= 11 is 0. The Morgan fingerprint density at radius 2 is 1.26 bits per heavy atom. The van der Waals surface area contributed by atoms with E-state index in [0.717, 1.165) is 31.3 Å². The van der Waals surface area contributed by atoms with E-state index in [1.54, 1.807) is 0 Å². The summed E-state index contributed by atoms with van der Waals surface area (Å²) in [6.45, 7) is 8.21. The molecule has 0 amide bonds. The molecule has 2 aliphatic heterocycles. The maximum atomic E-state index is 5.88. The first kappa shape index (κ1) is 14.5. The highest BCUT2D eigenvalue weighted by Crippen LogP contribution is 2.28. The number of benzene rings is 2. The van der Waals surface area contributed by atoms with E-state index in [-0.39, 0.29) is 0 Å². The van der Waals surface area contributed by atoms with Crippen LogP contribution in [-0.4, -0.2) is 29.9 Å². The summed E-state index contributed by atoms with van der Waals surface area (Å²) in [6, 6.07) is 12.8. The number of hydrogen-bond acceptors (Lipinski definition) is 4. The van der Waals surface area contributed by atoms with Gasteiger partial charge in [0, 0.05) is 24.2 Å². The molecule has 0 fully saturated rings. The molecule has 23 heavy (non-hydrogen) atoms. The van der Waals surface area contributed by atoms with Crippen molar-refractivity contribution in [2.75, 3.05) is 20.1 Å². The van der Waals surface area contributed by atoms with Gasteiger partial charge in [-0.2, -0.15) is 0 Å². The lowest BCUT2D eigenvalue weighted by Crippen LogP contribution is -2.44. The summed E-state index contributed by atoms with van der Waals surface area (Å²) < 4.78 is 11.8. The normalized spacial score (nSPS) is 17.8. The van der Waals surface area contributed by atoms with Gasteiger partial charge in [-0.15, -0.1) is 0 Å². The molecule has 0 aliphatic carbocycles. The Labute approximate surface area is 137 Å². The fourth-order valence-corrected chi connectivity index (χ4v) is 3.30. The summed E-state index contributed by atoms with van der Waals surface area (Å²) in [7, 11) is 0. The monoisotopic (exact) mass is 310 g/mol. The molecule has 0 N–H and O–H groups in total. The number of aryl methyl sites for hydroxylation is 2. The minimum Gasteiger partial charge on any atom is -0.478 e. The van der Waals surface area contributed by atoms with Crippen LogP contribution in [0.15, 0.2) is 36.4 Å². The molecule has 2 aromatic carbocycles. The van der Waals surface area contributed by atoms with Crippen molar-refractivity contribution >= 4 is 0 Å². The van der Waals surface area contributed by atoms with Gasteiger partial charge < -0.3 is 9.47 Å². The van der Waals surface area contributed by atoms with Crippen molar-refractivity contribution in [1.82, 2.24) is 9.80 Å². The second-order valence-electron chi connectivity index (χ2n) is 6.57. The Kier molecular flexibility index (Phi) is 3.71. The van der Waals surface area contributed by atoms with E-state index >= 15 is 0 Å². The lowest BCUT2D eigenvalue weighted by molar-refractivity contribution is -0.00345. The predicted molar refractivity (Wildman–Crippen MR) is 89.3 cm³/mol. The van der Waals surface area contributed by atoms with Crippen molar-refractivity contribution in [1.29, 1.82) is 0 Å². The Morgan fingerprint density at radius 3 is 1.74 bits per heavy atom. The summed E-state index contributed by atoms with van der Waals surface area (Å²) in [5.74, 6) is 2.03. The summed E-state index contributed by atoms with van der Waals surface area (Å²) in [5.41, 5.74) is 5.09. The quantitative estimate of drug-likeness (QED) is 0.850. The number of fused-ring (bicyclic) bond motifs is 2. The molecular formula is C19H22N2O2. The molecule has 0 saturated carbocycles. The number of nitrogens with zero attached hydrogens (tertiary/aromatic N) is 2. The van der Waals surface area contributed by atoms with Gasteiger partial charge in [-0.1, -0.05) is 35.4 Å². The maximum Gasteiger partial charge on any atom is 0.143 e. The van der Waals surface area contributed by atoms with Crippen molar-refractivity contribution in [3.05, 3.63) is 58.7 Å². The van der Waals surface area contributed by atoms with E-state index in [1.807, 2.05) is 0 Å². The molecule has 0 unspecified atom stereocenters. The minimum absolute atomic E-state index is 0.632. The predicted octanol–water partition coefficient (Wildman–Crippen LogP) is 3.26. The van der Waals surface area contributed by atoms with E-state index in [4.69, 9.17) is 9.47 Å². The van der Waals surface area contributed by atoms with Crippen molar-refractivity contribution in [3.63, 3.8) is 0 Å². The Bertz CT molecular complexity index is 668. The van der Waals surface area contributed by atoms with Gasteiger partial charge >= 0.3 is 0 Å². The SMILES string of the molecule is Cc1ccc2c(c1)CN(CN1COc3ccc(C)cc3C1)CO2. The van der Waals surface area contributed by atoms with Crippen molar-refractivity contribution < 1.29 is 9.47 Å². The summed E-state index contributed by atoms with van der Waals surface area (Å²) in [5, 5.41) is 0. The molecule has 0 radical (unpaired) electrons. The standard InChI is InChI=1S/C19H22N2O2/c1-14-3-5-18-16(7-14)9-20(12-22-18)11-21-10-17-8-15(2)4-6-19(17)23-13-21/h3-8H,9-13H2,1-2H3. The van der Waals surface area contributed by atoms with Gasteiger partial charge in [-0.25, -0.2) is 0 Å². The van der Waals surface area contributed by atoms with Crippen LogP contribution < -0.4 is 9.47 Å². The van der Waals surface area contributed by atoms with Crippen molar-refractivity contribution in [2.45, 2.75) is 26.9 Å². The zero-order valence-electron chi connectivity index (χ0n) is 13.7. The lowest BCUT2D eigenvalue weighted by atomic mass is 10.1. The number of ether oxygens (including phenoxy) is 2. The molecule has 0 saturated heterocycles. The second kappa shape index (κ2) is 5.87. The molecule has 0 aromatic heterocycles. The van der Waals surface area contributed by atoms with Crippen LogP contribution in [-0.2, 0) is 13.1 Å². The largest absolute Gasteiger partial charge is 0.478 e. The van der Waals surface area contributed by atoms with Gasteiger partial charge in [0.25, 0.3) is 0 Å².